The van der Waals surface area contributed by atoms with E-state index in [1.54, 1.807) is 134 Å². The van der Waals surface area contributed by atoms with Crippen molar-refractivity contribution >= 4 is 87.8 Å². The lowest BCUT2D eigenvalue weighted by Crippen LogP contribution is -2.42. The maximum atomic E-state index is 14.1. The molecule has 6 heterocycles. The lowest BCUT2D eigenvalue weighted by atomic mass is 9.68. The quantitative estimate of drug-likeness (QED) is 0.0386. The number of nitrogens with zero attached hydrogens (tertiary/aromatic N) is 5. The van der Waals surface area contributed by atoms with Crippen LogP contribution in [0.25, 0.3) is 0 Å². The lowest BCUT2D eigenvalue weighted by Gasteiger charge is -2.34. The van der Waals surface area contributed by atoms with E-state index in [-0.39, 0.29) is 85.9 Å². The number of sulfone groups is 3. The molecule has 5 aromatic carbocycles. The van der Waals surface area contributed by atoms with E-state index in [0.29, 0.717) is 131 Å². The number of carbonyl (C=O) groups excluding carboxylic acids is 6. The first-order valence-electron chi connectivity index (χ1n) is 40.2. The van der Waals surface area contributed by atoms with Crippen LogP contribution >= 0.6 is 11.6 Å². The molecular weight excluding hydrogens is 1660 g/mol. The van der Waals surface area contributed by atoms with Crippen LogP contribution in [0.2, 0.25) is 5.15 Å². The first-order chi connectivity index (χ1) is 59.0. The second-order valence-electron chi connectivity index (χ2n) is 31.0. The number of nitrogens with one attached hydrogen (secondary N) is 3. The van der Waals surface area contributed by atoms with Crippen LogP contribution in [0.4, 0.5) is 11.6 Å². The van der Waals surface area contributed by atoms with Crippen LogP contribution in [0.3, 0.4) is 0 Å². The van der Waals surface area contributed by atoms with Gasteiger partial charge in [0.15, 0.2) is 46.9 Å². The number of carbonyl (C=O) groups is 6. The van der Waals surface area contributed by atoms with Gasteiger partial charge in [-0.3, -0.25) is 33.6 Å². The minimum atomic E-state index is -3.31. The SMILES string of the molecule is CCS(=O)(=O)c1ccc(CC(=O)Nc2cc(C)c3c(n2)CCC(C)(c2ccc[nH]c2=O)C3=O)cc1.CCS(=O)(=O)c1ccc(CC(=O)Nc2cc(C)c3c(n2)CCC(C)(c2cccnc2OCc2ccc(OC)cc2)C3=O)cc1.CCS(=O)(=O)c1ccc(CC(N)=O)cc1.COc1ccc(COc2ncccc2C2(C)CCc3nc(Cl)cc(C)c3C2=O)cc1. The highest BCUT2D eigenvalue weighted by Gasteiger charge is 2.47. The number of ether oxygens (including phenoxy) is 4. The van der Waals surface area contributed by atoms with Crippen LogP contribution in [0, 0.1) is 20.8 Å². The molecule has 124 heavy (non-hydrogen) atoms. The van der Waals surface area contributed by atoms with Gasteiger partial charge in [0, 0.05) is 52.0 Å². The molecular formula is C94H98ClN9O17S3. The number of ketones is 3. The number of methoxy groups -OCH3 is 2. The molecule has 0 radical (unpaired) electrons. The normalized spacial score (nSPS) is 16.5. The zero-order chi connectivity index (χ0) is 89.6. The molecule has 5 N–H and O–H groups in total. The average Bonchev–Trinajstić information content (AvgIpc) is 0.752. The summed E-state index contributed by atoms with van der Waals surface area (Å²) in [4.78, 5) is 115. The highest BCUT2D eigenvalue weighted by Crippen LogP contribution is 2.45. The summed E-state index contributed by atoms with van der Waals surface area (Å²) in [5, 5.41) is 6.04. The Balaban J connectivity index is 0.000000169. The maximum Gasteiger partial charge on any atom is 0.252 e. The number of primary amides is 1. The Morgan fingerprint density at radius 1 is 0.452 bits per heavy atom. The third-order valence-corrected chi connectivity index (χ3v) is 27.9. The molecule has 0 bridgehead atoms. The van der Waals surface area contributed by atoms with Gasteiger partial charge in [-0.2, -0.15) is 0 Å². The van der Waals surface area contributed by atoms with Crippen LogP contribution in [0.1, 0.15) is 170 Å². The summed E-state index contributed by atoms with van der Waals surface area (Å²) >= 11 is 6.10. The number of aromatic amines is 1. The predicted octanol–water partition coefficient (Wildman–Crippen LogP) is 14.2. The van der Waals surface area contributed by atoms with Gasteiger partial charge < -0.3 is 40.3 Å². The zero-order valence-corrected chi connectivity index (χ0v) is 73.9. The molecule has 0 saturated carbocycles. The molecule has 0 aliphatic heterocycles. The summed E-state index contributed by atoms with van der Waals surface area (Å²) in [5.41, 5.74) is 14.1. The summed E-state index contributed by atoms with van der Waals surface area (Å²) in [6.45, 7) is 16.6. The van der Waals surface area contributed by atoms with Crippen molar-refractivity contribution in [3.05, 3.63) is 305 Å². The molecule has 0 fully saturated rings. The van der Waals surface area contributed by atoms with Crippen LogP contribution in [0.15, 0.2) is 214 Å². The summed E-state index contributed by atoms with van der Waals surface area (Å²) < 4.78 is 93.5. The molecule has 11 aromatic rings. The number of amides is 3. The minimum Gasteiger partial charge on any atom is -0.497 e. The Hall–Kier alpha value is -12.4. The van der Waals surface area contributed by atoms with Crippen LogP contribution in [-0.4, -0.2) is 122 Å². The number of Topliss-reactive ketones (excluding diaryl/α,β-unsaturated/α-hetero) is 3. The molecule has 30 heteroatoms. The largest absolute Gasteiger partial charge is 0.497 e. The summed E-state index contributed by atoms with van der Waals surface area (Å²) in [6.07, 6.45) is 8.37. The molecule has 3 aliphatic carbocycles. The van der Waals surface area contributed by atoms with Crippen LogP contribution in [-0.2, 0) is 112 Å². The van der Waals surface area contributed by atoms with E-state index in [9.17, 15) is 58.8 Å². The number of nitrogens with two attached hydrogens (primary N) is 1. The van der Waals surface area contributed by atoms with E-state index < -0.39 is 51.7 Å². The highest BCUT2D eigenvalue weighted by atomic mass is 35.5. The smallest absolute Gasteiger partial charge is 0.252 e. The Bertz CT molecular complexity index is 6280. The third kappa shape index (κ3) is 21.4. The van der Waals surface area contributed by atoms with Crippen molar-refractivity contribution in [2.75, 3.05) is 42.1 Å². The number of aromatic nitrogens is 6. The van der Waals surface area contributed by atoms with Gasteiger partial charge in [0.2, 0.25) is 29.5 Å². The van der Waals surface area contributed by atoms with Crippen molar-refractivity contribution in [1.82, 2.24) is 29.9 Å². The van der Waals surface area contributed by atoms with Gasteiger partial charge >= 0.3 is 0 Å². The number of pyridine rings is 6. The van der Waals surface area contributed by atoms with Crippen LogP contribution in [0.5, 0.6) is 23.3 Å². The van der Waals surface area contributed by atoms with Gasteiger partial charge in [0.25, 0.3) is 5.56 Å². The predicted molar refractivity (Wildman–Crippen MR) is 472 cm³/mol. The van der Waals surface area contributed by atoms with Gasteiger partial charge in [0.1, 0.15) is 41.5 Å². The van der Waals surface area contributed by atoms with Crippen molar-refractivity contribution in [3.63, 3.8) is 0 Å². The fourth-order valence-electron chi connectivity index (χ4n) is 15.2. The second kappa shape index (κ2) is 39.4. The van der Waals surface area contributed by atoms with Crippen molar-refractivity contribution in [2.24, 2.45) is 5.73 Å². The maximum absolute atomic E-state index is 14.1. The topological polar surface area (TPSA) is 389 Å². The number of hydrogen-bond acceptors (Lipinski definition) is 22. The van der Waals surface area contributed by atoms with Gasteiger partial charge in [0.05, 0.1) is 98.8 Å². The van der Waals surface area contributed by atoms with Gasteiger partial charge in [-0.15, -0.1) is 0 Å². The number of rotatable bonds is 25. The number of halogens is 1. The van der Waals surface area contributed by atoms with E-state index in [1.165, 1.54) is 36.4 Å². The van der Waals surface area contributed by atoms with E-state index in [1.807, 2.05) is 100 Å². The minimum absolute atomic E-state index is 0.0135. The summed E-state index contributed by atoms with van der Waals surface area (Å²) in [7, 11) is -6.51. The Kier molecular flexibility index (Phi) is 29.3. The highest BCUT2D eigenvalue weighted by molar-refractivity contribution is 7.92. The first kappa shape index (κ1) is 92.3. The number of hydrogen-bond donors (Lipinski definition) is 4. The average molecular weight is 1760 g/mol. The van der Waals surface area contributed by atoms with Gasteiger partial charge in [-0.05, 0) is 222 Å². The molecule has 3 aliphatic rings. The van der Waals surface area contributed by atoms with Crippen molar-refractivity contribution in [3.8, 4) is 23.3 Å². The standard InChI is InChI=1S/C34H35N3O6S.C26H27N3O5S.C24H23ClN2O3.C10H13NO3S/c1-5-44(40,41)26-14-10-23(11-15-26)20-30(38)37-29-19-22(2)31-28(36-29)16-17-34(3,32(31)39)27-7-6-18-35-33(27)43-21-24-8-12-25(42-4)13-9-24;1-4-35(33,34)18-9-7-17(8-10-18)15-22(30)29-21-14-16(2)23-20(28-21)11-12-26(3,24(23)31)19-6-5-13-27-25(19)32;1-15-13-20(25)27-19-10-11-24(2,22(28)21(15)19)18-5-4-12-26-23(18)30-14-16-6-8-17(29-3)9-7-16;1-2-15(13,14)9-5-3-8(4-6-9)7-10(11)12/h6-15,18-19H,5,16-17,20-21H2,1-4H3,(H,36,37,38);5-10,13-14H,4,11-12,15H2,1-3H3,(H,27,32)(H,28,29,30);4-9,12-13H,10-11,14H2,1-3H3;3-6H,2,7H2,1H3,(H2,11,12). The Morgan fingerprint density at radius 2 is 0.782 bits per heavy atom. The van der Waals surface area contributed by atoms with E-state index in [0.717, 1.165) is 56.1 Å². The van der Waals surface area contributed by atoms with E-state index >= 15 is 0 Å². The molecule has 26 nitrogen and oxygen atoms in total. The number of aryl methyl sites for hydroxylation is 6. The third-order valence-electron chi connectivity index (χ3n) is 22.5. The lowest BCUT2D eigenvalue weighted by molar-refractivity contribution is -0.117. The number of fused-ring (bicyclic) bond motifs is 3. The molecule has 14 rings (SSSR count). The summed E-state index contributed by atoms with van der Waals surface area (Å²) in [5.74, 6) is 2.07. The first-order valence-corrected chi connectivity index (χ1v) is 45.5. The number of benzene rings is 5. The molecule has 6 aromatic heterocycles. The molecule has 3 amide bonds. The fourth-order valence-corrected chi connectivity index (χ4v) is 18.1. The monoisotopic (exact) mass is 1760 g/mol. The molecule has 0 spiro atoms. The number of anilines is 2. The van der Waals surface area contributed by atoms with Crippen molar-refractivity contribution in [1.29, 1.82) is 0 Å². The van der Waals surface area contributed by atoms with E-state index in [4.69, 9.17) is 36.3 Å². The Labute approximate surface area is 726 Å². The molecule has 0 saturated heterocycles. The van der Waals surface area contributed by atoms with E-state index in [2.05, 4.69) is 40.5 Å². The molecule has 3 atom stereocenters. The van der Waals surface area contributed by atoms with Crippen molar-refractivity contribution < 1.29 is 73.0 Å². The Morgan fingerprint density at radius 3 is 1.13 bits per heavy atom. The van der Waals surface area contributed by atoms with Crippen molar-refractivity contribution in [2.45, 2.75) is 164 Å². The molecule has 646 valence electrons. The molecule has 3 unspecified atom stereocenters. The van der Waals surface area contributed by atoms with Gasteiger partial charge in [-0.25, -0.2) is 50.2 Å². The van der Waals surface area contributed by atoms with Crippen LogP contribution < -0.4 is 40.9 Å². The number of H-pyrrole nitrogens is 1. The summed E-state index contributed by atoms with van der Waals surface area (Å²) in [6, 6.07) is 50.0. The fraction of sp³-hybridized carbons (Fsp3) is 0.298. The second-order valence-corrected chi connectivity index (χ2v) is 38.2. The van der Waals surface area contributed by atoms with Gasteiger partial charge in [-0.1, -0.05) is 111 Å². The zero-order valence-electron chi connectivity index (χ0n) is 70.7.